The molecule has 1 aliphatic rings. The van der Waals surface area contributed by atoms with E-state index < -0.39 is 0 Å². The van der Waals surface area contributed by atoms with Crippen LogP contribution in [0.1, 0.15) is 38.2 Å². The Hall–Kier alpha value is -0.890. The molecule has 0 unspecified atom stereocenters. The van der Waals surface area contributed by atoms with Crippen LogP contribution in [0.15, 0.2) is 24.5 Å². The largest absolute Gasteiger partial charge is 0.319 e. The van der Waals surface area contributed by atoms with E-state index in [2.05, 4.69) is 36.4 Å². The van der Waals surface area contributed by atoms with Crippen LogP contribution in [0.3, 0.4) is 0 Å². The van der Waals surface area contributed by atoms with Gasteiger partial charge >= 0.3 is 0 Å². The summed E-state index contributed by atoms with van der Waals surface area (Å²) in [5, 5.41) is 3.37. The van der Waals surface area contributed by atoms with Gasteiger partial charge in [-0.15, -0.1) is 0 Å². The van der Waals surface area contributed by atoms with E-state index >= 15 is 0 Å². The monoisotopic (exact) mass is 218 g/mol. The topological polar surface area (TPSA) is 24.9 Å². The van der Waals surface area contributed by atoms with Crippen molar-refractivity contribution in [2.24, 2.45) is 5.92 Å². The standard InChI is InChI=1S/C14H22N2/c1-12-3-7-14(8-4-12,11-15-2)13-5-9-16-10-6-13/h5-6,9-10,12,15H,3-4,7-8,11H2,1-2H3. The number of likely N-dealkylation sites (N-methyl/N-ethyl adjacent to an activating group) is 1. The minimum atomic E-state index is 0.351. The minimum Gasteiger partial charge on any atom is -0.319 e. The summed E-state index contributed by atoms with van der Waals surface area (Å²) in [4.78, 5) is 4.13. The van der Waals surface area contributed by atoms with Crippen molar-refractivity contribution >= 4 is 0 Å². The van der Waals surface area contributed by atoms with Gasteiger partial charge in [-0.1, -0.05) is 6.92 Å². The fraction of sp³-hybridized carbons (Fsp3) is 0.643. The maximum absolute atomic E-state index is 4.13. The van der Waals surface area contributed by atoms with Crippen LogP contribution in [-0.2, 0) is 5.41 Å². The summed E-state index contributed by atoms with van der Waals surface area (Å²) in [6.45, 7) is 3.46. The lowest BCUT2D eigenvalue weighted by Gasteiger charge is -2.40. The predicted octanol–water partition coefficient (Wildman–Crippen LogP) is 2.75. The van der Waals surface area contributed by atoms with Crippen molar-refractivity contribution in [3.05, 3.63) is 30.1 Å². The number of hydrogen-bond acceptors (Lipinski definition) is 2. The van der Waals surface area contributed by atoms with Crippen LogP contribution < -0.4 is 5.32 Å². The summed E-state index contributed by atoms with van der Waals surface area (Å²) in [5.41, 5.74) is 1.81. The van der Waals surface area contributed by atoms with Crippen molar-refractivity contribution in [1.29, 1.82) is 0 Å². The molecule has 0 amide bonds. The molecule has 1 fully saturated rings. The fourth-order valence-corrected chi connectivity index (χ4v) is 2.93. The molecule has 0 saturated heterocycles. The maximum Gasteiger partial charge on any atom is 0.0270 e. The summed E-state index contributed by atoms with van der Waals surface area (Å²) >= 11 is 0. The maximum atomic E-state index is 4.13. The second kappa shape index (κ2) is 4.96. The summed E-state index contributed by atoms with van der Waals surface area (Å²) in [7, 11) is 2.06. The third-order valence-corrected chi connectivity index (χ3v) is 4.04. The highest BCUT2D eigenvalue weighted by atomic mass is 14.8. The third-order valence-electron chi connectivity index (χ3n) is 4.04. The first-order valence-electron chi connectivity index (χ1n) is 6.32. The number of pyridine rings is 1. The minimum absolute atomic E-state index is 0.351. The van der Waals surface area contributed by atoms with Gasteiger partial charge in [-0.05, 0) is 56.3 Å². The Kier molecular flexibility index (Phi) is 3.59. The van der Waals surface area contributed by atoms with E-state index in [4.69, 9.17) is 0 Å². The molecule has 0 spiro atoms. The Morgan fingerprint density at radius 1 is 1.31 bits per heavy atom. The second-order valence-electron chi connectivity index (χ2n) is 5.23. The molecule has 2 rings (SSSR count). The summed E-state index contributed by atoms with van der Waals surface area (Å²) in [5.74, 6) is 0.895. The summed E-state index contributed by atoms with van der Waals surface area (Å²) in [6.07, 6.45) is 9.15. The number of nitrogens with zero attached hydrogens (tertiary/aromatic N) is 1. The van der Waals surface area contributed by atoms with Gasteiger partial charge in [-0.2, -0.15) is 0 Å². The van der Waals surface area contributed by atoms with Gasteiger partial charge in [-0.25, -0.2) is 0 Å². The lowest BCUT2D eigenvalue weighted by molar-refractivity contribution is 0.237. The van der Waals surface area contributed by atoms with Crippen molar-refractivity contribution < 1.29 is 0 Å². The lowest BCUT2D eigenvalue weighted by Crippen LogP contribution is -2.40. The van der Waals surface area contributed by atoms with Crippen LogP contribution in [-0.4, -0.2) is 18.6 Å². The van der Waals surface area contributed by atoms with Crippen LogP contribution >= 0.6 is 0 Å². The highest BCUT2D eigenvalue weighted by Gasteiger charge is 2.34. The lowest BCUT2D eigenvalue weighted by atomic mass is 9.67. The zero-order valence-corrected chi connectivity index (χ0v) is 10.4. The molecular weight excluding hydrogens is 196 g/mol. The number of hydrogen-bond donors (Lipinski definition) is 1. The Morgan fingerprint density at radius 3 is 2.50 bits per heavy atom. The molecule has 0 atom stereocenters. The van der Waals surface area contributed by atoms with E-state index in [1.807, 2.05) is 12.4 Å². The van der Waals surface area contributed by atoms with E-state index in [-0.39, 0.29) is 0 Å². The van der Waals surface area contributed by atoms with Gasteiger partial charge in [-0.3, -0.25) is 4.98 Å². The van der Waals surface area contributed by atoms with Crippen molar-refractivity contribution in [3.63, 3.8) is 0 Å². The van der Waals surface area contributed by atoms with Gasteiger partial charge < -0.3 is 5.32 Å². The normalized spacial score (nSPS) is 30.2. The van der Waals surface area contributed by atoms with E-state index in [1.54, 1.807) is 0 Å². The molecule has 88 valence electrons. The molecule has 2 heteroatoms. The molecule has 1 aromatic heterocycles. The molecule has 0 aromatic carbocycles. The summed E-state index contributed by atoms with van der Waals surface area (Å²) < 4.78 is 0. The zero-order chi connectivity index (χ0) is 11.4. The molecule has 1 heterocycles. The van der Waals surface area contributed by atoms with Gasteiger partial charge in [0.2, 0.25) is 0 Å². The quantitative estimate of drug-likeness (QED) is 0.844. The van der Waals surface area contributed by atoms with Crippen LogP contribution in [0.5, 0.6) is 0 Å². The first-order valence-corrected chi connectivity index (χ1v) is 6.32. The number of nitrogens with one attached hydrogen (secondary N) is 1. The predicted molar refractivity (Wildman–Crippen MR) is 67.5 cm³/mol. The fourth-order valence-electron chi connectivity index (χ4n) is 2.93. The highest BCUT2D eigenvalue weighted by Crippen LogP contribution is 2.40. The van der Waals surface area contributed by atoms with E-state index in [9.17, 15) is 0 Å². The van der Waals surface area contributed by atoms with Crippen molar-refractivity contribution in [3.8, 4) is 0 Å². The first-order chi connectivity index (χ1) is 7.77. The Bertz CT molecular complexity index is 313. The van der Waals surface area contributed by atoms with Gasteiger partial charge in [0.15, 0.2) is 0 Å². The molecule has 1 aromatic rings. The molecule has 0 aliphatic heterocycles. The zero-order valence-electron chi connectivity index (χ0n) is 10.4. The Balaban J connectivity index is 2.22. The molecule has 1 aliphatic carbocycles. The van der Waals surface area contributed by atoms with Crippen LogP contribution in [0, 0.1) is 5.92 Å². The van der Waals surface area contributed by atoms with Gasteiger partial charge in [0.25, 0.3) is 0 Å². The summed E-state index contributed by atoms with van der Waals surface area (Å²) in [6, 6.07) is 4.38. The van der Waals surface area contributed by atoms with Gasteiger partial charge in [0.05, 0.1) is 0 Å². The highest BCUT2D eigenvalue weighted by molar-refractivity contribution is 5.24. The van der Waals surface area contributed by atoms with E-state index in [0.717, 1.165) is 12.5 Å². The Labute approximate surface area is 98.5 Å². The van der Waals surface area contributed by atoms with Crippen LogP contribution in [0.25, 0.3) is 0 Å². The van der Waals surface area contributed by atoms with Crippen molar-refractivity contribution in [1.82, 2.24) is 10.3 Å². The molecule has 16 heavy (non-hydrogen) atoms. The molecule has 0 radical (unpaired) electrons. The van der Waals surface area contributed by atoms with Gasteiger partial charge in [0, 0.05) is 24.4 Å². The van der Waals surface area contributed by atoms with E-state index in [0.29, 0.717) is 5.41 Å². The average molecular weight is 218 g/mol. The molecule has 0 bridgehead atoms. The van der Waals surface area contributed by atoms with Crippen LogP contribution in [0.4, 0.5) is 0 Å². The smallest absolute Gasteiger partial charge is 0.0270 e. The SMILES string of the molecule is CNCC1(c2ccncc2)CCC(C)CC1. The Morgan fingerprint density at radius 2 is 1.94 bits per heavy atom. The van der Waals surface area contributed by atoms with Crippen LogP contribution in [0.2, 0.25) is 0 Å². The average Bonchev–Trinajstić information content (AvgIpc) is 2.34. The molecule has 1 N–H and O–H groups in total. The van der Waals surface area contributed by atoms with Gasteiger partial charge in [0.1, 0.15) is 0 Å². The second-order valence-corrected chi connectivity index (χ2v) is 5.23. The number of rotatable bonds is 3. The van der Waals surface area contributed by atoms with Crippen molar-refractivity contribution in [2.45, 2.75) is 38.0 Å². The first kappa shape index (κ1) is 11.6. The number of aromatic nitrogens is 1. The van der Waals surface area contributed by atoms with Crippen molar-refractivity contribution in [2.75, 3.05) is 13.6 Å². The molecule has 1 saturated carbocycles. The third kappa shape index (κ3) is 2.27. The molecule has 2 nitrogen and oxygen atoms in total. The molecular formula is C14H22N2. The van der Waals surface area contributed by atoms with E-state index in [1.165, 1.54) is 31.2 Å².